The van der Waals surface area contributed by atoms with Crippen molar-refractivity contribution < 1.29 is 9.90 Å². The summed E-state index contributed by atoms with van der Waals surface area (Å²) in [6.45, 7) is 0. The summed E-state index contributed by atoms with van der Waals surface area (Å²) in [5.41, 5.74) is 2.14. The van der Waals surface area contributed by atoms with Gasteiger partial charge in [0.2, 0.25) is 0 Å². The molecule has 116 valence electrons. The summed E-state index contributed by atoms with van der Waals surface area (Å²) in [6.07, 6.45) is 2.34. The van der Waals surface area contributed by atoms with Crippen LogP contribution in [0.25, 0.3) is 0 Å². The summed E-state index contributed by atoms with van der Waals surface area (Å²) in [5.74, 6) is 0.0907. The Labute approximate surface area is 143 Å². The topological polar surface area (TPSA) is 49.7 Å². The molecule has 0 spiro atoms. The first-order valence-corrected chi connectivity index (χ1v) is 8.22. The number of aliphatic hydroxyl groups excluding tert-OH is 1. The number of benzene rings is 2. The second-order valence-corrected chi connectivity index (χ2v) is 6.45. The number of aliphatic hydroxyl groups is 1. The Balaban J connectivity index is 1.80. The lowest BCUT2D eigenvalue weighted by Gasteiger charge is -2.22. The number of halogens is 1. The van der Waals surface area contributed by atoms with Gasteiger partial charge in [-0.3, -0.25) is 9.79 Å². The predicted octanol–water partition coefficient (Wildman–Crippen LogP) is 5.11. The van der Waals surface area contributed by atoms with Gasteiger partial charge in [0.25, 0.3) is 0 Å². The Hall–Kier alpha value is -2.20. The molecule has 4 heteroatoms. The average molecular weight is 370 g/mol. The summed E-state index contributed by atoms with van der Waals surface area (Å²) in [6, 6.07) is 17.3. The summed E-state index contributed by atoms with van der Waals surface area (Å²) in [5, 5.41) is 10.3. The Morgan fingerprint density at radius 3 is 2.39 bits per heavy atom. The summed E-state index contributed by atoms with van der Waals surface area (Å²) in [7, 11) is 0. The molecule has 0 saturated heterocycles. The van der Waals surface area contributed by atoms with Crippen molar-refractivity contribution in [2.45, 2.75) is 18.8 Å². The summed E-state index contributed by atoms with van der Waals surface area (Å²) in [4.78, 5) is 16.6. The second kappa shape index (κ2) is 6.92. The van der Waals surface area contributed by atoms with Crippen molar-refractivity contribution in [1.29, 1.82) is 0 Å². The molecule has 1 N–H and O–H groups in total. The van der Waals surface area contributed by atoms with Crippen LogP contribution in [0.15, 0.2) is 75.4 Å². The minimum Gasteiger partial charge on any atom is -0.511 e. The number of allylic oxidation sites excluding steroid dienone is 2. The van der Waals surface area contributed by atoms with Crippen LogP contribution in [0.2, 0.25) is 0 Å². The average Bonchev–Trinajstić information content (AvgIpc) is 2.56. The third kappa shape index (κ3) is 3.77. The number of aliphatic imine (C=N–C) groups is 1. The largest absolute Gasteiger partial charge is 0.511 e. The zero-order valence-electron chi connectivity index (χ0n) is 12.4. The Morgan fingerprint density at radius 2 is 1.74 bits per heavy atom. The van der Waals surface area contributed by atoms with Crippen molar-refractivity contribution in [3.63, 3.8) is 0 Å². The number of carbonyl (C=O) groups is 1. The number of ketones is 1. The first-order chi connectivity index (χ1) is 11.1. The highest BCUT2D eigenvalue weighted by Gasteiger charge is 2.27. The highest BCUT2D eigenvalue weighted by atomic mass is 79.9. The molecule has 1 aliphatic carbocycles. The number of rotatable bonds is 3. The van der Waals surface area contributed by atoms with E-state index in [0.717, 1.165) is 15.7 Å². The van der Waals surface area contributed by atoms with Crippen molar-refractivity contribution in [1.82, 2.24) is 0 Å². The van der Waals surface area contributed by atoms with Gasteiger partial charge in [0.1, 0.15) is 5.76 Å². The Kier molecular flexibility index (Phi) is 4.72. The number of Topliss-reactive ketones (excluding diaryl/α,β-unsaturated/α-hetero) is 1. The molecule has 2 aromatic rings. The lowest BCUT2D eigenvalue weighted by molar-refractivity contribution is -0.116. The monoisotopic (exact) mass is 369 g/mol. The van der Waals surface area contributed by atoms with Crippen molar-refractivity contribution in [2.75, 3.05) is 0 Å². The molecule has 0 aromatic heterocycles. The highest BCUT2D eigenvalue weighted by Crippen LogP contribution is 2.33. The summed E-state index contributed by atoms with van der Waals surface area (Å²) >= 11 is 3.37. The SMILES string of the molecule is O=C1CC(c2ccccc2)CC(O)=C1C=Nc1ccc(Br)cc1. The molecule has 0 aliphatic heterocycles. The Morgan fingerprint density at radius 1 is 1.04 bits per heavy atom. The molecular weight excluding hydrogens is 354 g/mol. The molecule has 0 fully saturated rings. The quantitative estimate of drug-likeness (QED) is 0.764. The van der Waals surface area contributed by atoms with Gasteiger partial charge in [0.05, 0.1) is 11.3 Å². The van der Waals surface area contributed by atoms with Gasteiger partial charge >= 0.3 is 0 Å². The normalized spacial score (nSPS) is 18.7. The van der Waals surface area contributed by atoms with Crippen molar-refractivity contribution in [2.24, 2.45) is 4.99 Å². The van der Waals surface area contributed by atoms with E-state index < -0.39 is 0 Å². The predicted molar refractivity (Wildman–Crippen MR) is 95.4 cm³/mol. The number of hydrogen-bond donors (Lipinski definition) is 1. The van der Waals surface area contributed by atoms with Crippen LogP contribution in [0.5, 0.6) is 0 Å². The maximum Gasteiger partial charge on any atom is 0.168 e. The number of hydrogen-bond acceptors (Lipinski definition) is 3. The fourth-order valence-corrected chi connectivity index (χ4v) is 2.95. The third-order valence-electron chi connectivity index (χ3n) is 3.92. The zero-order valence-corrected chi connectivity index (χ0v) is 14.0. The molecule has 23 heavy (non-hydrogen) atoms. The number of nitrogens with zero attached hydrogens (tertiary/aromatic N) is 1. The summed E-state index contributed by atoms with van der Waals surface area (Å²) < 4.78 is 0.970. The molecule has 0 bridgehead atoms. The van der Waals surface area contributed by atoms with E-state index in [9.17, 15) is 9.90 Å². The standard InChI is InChI=1S/C19H16BrNO2/c20-15-6-8-16(9-7-15)21-12-17-18(22)10-14(11-19(17)23)13-4-2-1-3-5-13/h1-9,12,14,22H,10-11H2. The molecule has 3 rings (SSSR count). The molecule has 3 nitrogen and oxygen atoms in total. The van der Waals surface area contributed by atoms with Crippen LogP contribution in [0.4, 0.5) is 5.69 Å². The molecule has 0 radical (unpaired) electrons. The minimum absolute atomic E-state index is 0.0357. The van der Waals surface area contributed by atoms with E-state index in [0.29, 0.717) is 18.4 Å². The van der Waals surface area contributed by atoms with Crippen LogP contribution in [0.3, 0.4) is 0 Å². The second-order valence-electron chi connectivity index (χ2n) is 5.53. The van der Waals surface area contributed by atoms with E-state index in [1.807, 2.05) is 54.6 Å². The first kappa shape index (κ1) is 15.7. The lowest BCUT2D eigenvalue weighted by Crippen LogP contribution is -2.19. The van der Waals surface area contributed by atoms with E-state index in [1.54, 1.807) is 0 Å². The third-order valence-corrected chi connectivity index (χ3v) is 4.45. The lowest BCUT2D eigenvalue weighted by atomic mass is 9.83. The van der Waals surface area contributed by atoms with Crippen LogP contribution < -0.4 is 0 Å². The molecule has 0 heterocycles. The molecule has 2 aromatic carbocycles. The maximum absolute atomic E-state index is 12.3. The van der Waals surface area contributed by atoms with Gasteiger partial charge < -0.3 is 5.11 Å². The molecular formula is C19H16BrNO2. The smallest absolute Gasteiger partial charge is 0.168 e. The molecule has 1 atom stereocenters. The van der Waals surface area contributed by atoms with E-state index in [2.05, 4.69) is 20.9 Å². The molecule has 0 amide bonds. The van der Waals surface area contributed by atoms with Crippen LogP contribution in [0.1, 0.15) is 24.3 Å². The number of carbonyl (C=O) groups excluding carboxylic acids is 1. The first-order valence-electron chi connectivity index (χ1n) is 7.43. The van der Waals surface area contributed by atoms with Crippen LogP contribution in [0, 0.1) is 0 Å². The fourth-order valence-electron chi connectivity index (χ4n) is 2.68. The van der Waals surface area contributed by atoms with Crippen LogP contribution in [-0.2, 0) is 4.79 Å². The highest BCUT2D eigenvalue weighted by molar-refractivity contribution is 9.10. The van der Waals surface area contributed by atoms with Crippen molar-refractivity contribution in [3.8, 4) is 0 Å². The van der Waals surface area contributed by atoms with Gasteiger partial charge in [0.15, 0.2) is 5.78 Å². The van der Waals surface area contributed by atoms with Crippen molar-refractivity contribution >= 4 is 33.6 Å². The van der Waals surface area contributed by atoms with Crippen LogP contribution in [-0.4, -0.2) is 17.1 Å². The van der Waals surface area contributed by atoms with E-state index in [1.165, 1.54) is 6.21 Å². The van der Waals surface area contributed by atoms with Gasteiger partial charge in [0, 0.05) is 23.5 Å². The molecule has 1 unspecified atom stereocenters. The molecule has 0 saturated carbocycles. The maximum atomic E-state index is 12.3. The zero-order chi connectivity index (χ0) is 16.2. The Bertz CT molecular complexity index is 764. The van der Waals surface area contributed by atoms with Crippen molar-refractivity contribution in [3.05, 3.63) is 76.0 Å². The van der Waals surface area contributed by atoms with Crippen LogP contribution >= 0.6 is 15.9 Å². The van der Waals surface area contributed by atoms with E-state index in [4.69, 9.17) is 0 Å². The van der Waals surface area contributed by atoms with E-state index >= 15 is 0 Å². The minimum atomic E-state index is -0.0662. The van der Waals surface area contributed by atoms with E-state index in [-0.39, 0.29) is 17.5 Å². The van der Waals surface area contributed by atoms with Gasteiger partial charge in [-0.25, -0.2) is 0 Å². The van der Waals surface area contributed by atoms with Gasteiger partial charge in [-0.2, -0.15) is 0 Å². The van der Waals surface area contributed by atoms with Gasteiger partial charge in [-0.1, -0.05) is 46.3 Å². The fraction of sp³-hybridized carbons (Fsp3) is 0.158. The van der Waals surface area contributed by atoms with Gasteiger partial charge in [-0.05, 0) is 35.7 Å². The van der Waals surface area contributed by atoms with Gasteiger partial charge in [-0.15, -0.1) is 0 Å². The molecule has 1 aliphatic rings.